The summed E-state index contributed by atoms with van der Waals surface area (Å²) in [6.45, 7) is 3.34. The van der Waals surface area contributed by atoms with E-state index < -0.39 is 23.2 Å². The molecule has 0 heterocycles. The van der Waals surface area contributed by atoms with Gasteiger partial charge in [0.15, 0.2) is 0 Å². The van der Waals surface area contributed by atoms with Gasteiger partial charge in [0, 0.05) is 10.5 Å². The van der Waals surface area contributed by atoms with Crippen molar-refractivity contribution in [2.45, 2.75) is 19.9 Å². The highest BCUT2D eigenvalue weighted by molar-refractivity contribution is 9.10. The predicted molar refractivity (Wildman–Crippen MR) is 74.1 cm³/mol. The number of carbonyl (C=O) groups is 1. The maximum atomic E-state index is 13.3. The summed E-state index contributed by atoms with van der Waals surface area (Å²) in [5, 5.41) is 0. The zero-order valence-electron chi connectivity index (χ0n) is 10.4. The number of esters is 1. The fraction of sp³-hybridized carbons (Fsp3) is 0.417. The summed E-state index contributed by atoms with van der Waals surface area (Å²) in [4.78, 5) is 11.6. The van der Waals surface area contributed by atoms with Crippen LogP contribution in [-0.2, 0) is 9.53 Å². The fourth-order valence-electron chi connectivity index (χ4n) is 1.56. The summed E-state index contributed by atoms with van der Waals surface area (Å²) >= 11 is 3.19. The van der Waals surface area contributed by atoms with Gasteiger partial charge >= 0.3 is 5.97 Å². The van der Waals surface area contributed by atoms with Crippen LogP contribution >= 0.6 is 28.3 Å². The molecule has 1 aromatic rings. The Morgan fingerprint density at radius 1 is 1.44 bits per heavy atom. The van der Waals surface area contributed by atoms with E-state index in [4.69, 9.17) is 10.5 Å². The van der Waals surface area contributed by atoms with Crippen molar-refractivity contribution in [1.82, 2.24) is 0 Å². The van der Waals surface area contributed by atoms with Gasteiger partial charge in [0.25, 0.3) is 0 Å². The van der Waals surface area contributed by atoms with E-state index in [1.165, 1.54) is 19.2 Å². The highest BCUT2D eigenvalue weighted by atomic mass is 79.9. The van der Waals surface area contributed by atoms with E-state index in [0.29, 0.717) is 10.0 Å². The third-order valence-corrected chi connectivity index (χ3v) is 3.19. The number of nitrogens with two attached hydrogens (primary N) is 1. The summed E-state index contributed by atoms with van der Waals surface area (Å²) < 4.78 is 18.5. The van der Waals surface area contributed by atoms with E-state index in [9.17, 15) is 9.18 Å². The normalized spacial score (nSPS) is 12.6. The SMILES string of the molecule is COC(=O)C(C)(C)[C@@H](N)c1cc(F)cc(Br)c1.Cl. The summed E-state index contributed by atoms with van der Waals surface area (Å²) in [5.41, 5.74) is 5.63. The average molecular weight is 341 g/mol. The molecule has 0 spiro atoms. The van der Waals surface area contributed by atoms with Crippen molar-refractivity contribution in [2.75, 3.05) is 7.11 Å². The van der Waals surface area contributed by atoms with Crippen LogP contribution in [0, 0.1) is 11.2 Å². The summed E-state index contributed by atoms with van der Waals surface area (Å²) in [5.74, 6) is -0.823. The van der Waals surface area contributed by atoms with E-state index in [-0.39, 0.29) is 12.4 Å². The van der Waals surface area contributed by atoms with Gasteiger partial charge in [-0.15, -0.1) is 12.4 Å². The first-order valence-corrected chi connectivity index (χ1v) is 5.88. The standard InChI is InChI=1S/C12H15BrFNO2.ClH/c1-12(2,11(16)17-3)10(15)7-4-8(13)6-9(14)5-7;/h4-6,10H,15H2,1-3H3;1H/t10-;/m0./s1. The van der Waals surface area contributed by atoms with Gasteiger partial charge in [-0.3, -0.25) is 4.79 Å². The molecule has 18 heavy (non-hydrogen) atoms. The molecule has 0 aliphatic heterocycles. The molecular formula is C12H16BrClFNO2. The van der Waals surface area contributed by atoms with Crippen molar-refractivity contribution in [2.24, 2.45) is 11.1 Å². The quantitative estimate of drug-likeness (QED) is 0.860. The van der Waals surface area contributed by atoms with Crippen molar-refractivity contribution in [3.05, 3.63) is 34.1 Å². The van der Waals surface area contributed by atoms with Gasteiger partial charge < -0.3 is 10.5 Å². The van der Waals surface area contributed by atoms with Crippen LogP contribution in [0.4, 0.5) is 4.39 Å². The number of methoxy groups -OCH3 is 1. The Hall–Kier alpha value is -0.650. The molecule has 0 aliphatic rings. The zero-order valence-corrected chi connectivity index (χ0v) is 12.8. The Labute approximate surface area is 120 Å². The largest absolute Gasteiger partial charge is 0.469 e. The van der Waals surface area contributed by atoms with Crippen molar-refractivity contribution in [1.29, 1.82) is 0 Å². The first-order chi connectivity index (χ1) is 7.78. The van der Waals surface area contributed by atoms with E-state index in [1.54, 1.807) is 19.9 Å². The number of hydrogen-bond donors (Lipinski definition) is 1. The molecule has 1 rings (SSSR count). The number of ether oxygens (including phenoxy) is 1. The first-order valence-electron chi connectivity index (χ1n) is 5.09. The van der Waals surface area contributed by atoms with Gasteiger partial charge in [0.2, 0.25) is 0 Å². The lowest BCUT2D eigenvalue weighted by Gasteiger charge is -2.29. The van der Waals surface area contributed by atoms with Crippen LogP contribution in [-0.4, -0.2) is 13.1 Å². The maximum absolute atomic E-state index is 13.3. The summed E-state index contributed by atoms with van der Waals surface area (Å²) in [6, 6.07) is 3.71. The number of halogens is 3. The molecule has 2 N–H and O–H groups in total. The van der Waals surface area contributed by atoms with Gasteiger partial charge in [-0.05, 0) is 37.6 Å². The summed E-state index contributed by atoms with van der Waals surface area (Å²) in [7, 11) is 1.30. The molecule has 6 heteroatoms. The second-order valence-corrected chi connectivity index (χ2v) is 5.31. The third-order valence-electron chi connectivity index (χ3n) is 2.73. The van der Waals surface area contributed by atoms with Gasteiger partial charge in [0.1, 0.15) is 5.82 Å². The van der Waals surface area contributed by atoms with Crippen LogP contribution in [0.25, 0.3) is 0 Å². The Kier molecular flexibility index (Phi) is 6.26. The first kappa shape index (κ1) is 17.4. The molecule has 102 valence electrons. The van der Waals surface area contributed by atoms with Crippen LogP contribution in [0.5, 0.6) is 0 Å². The molecule has 0 saturated heterocycles. The van der Waals surface area contributed by atoms with Gasteiger partial charge in [-0.2, -0.15) is 0 Å². The average Bonchev–Trinajstić information content (AvgIpc) is 2.25. The van der Waals surface area contributed by atoms with Crippen LogP contribution in [0.2, 0.25) is 0 Å². The minimum atomic E-state index is -0.915. The molecule has 0 amide bonds. The van der Waals surface area contributed by atoms with Crippen molar-refractivity contribution in [3.63, 3.8) is 0 Å². The monoisotopic (exact) mass is 339 g/mol. The number of benzene rings is 1. The number of rotatable bonds is 3. The van der Waals surface area contributed by atoms with Gasteiger partial charge in [-0.1, -0.05) is 15.9 Å². The van der Waals surface area contributed by atoms with E-state index in [0.717, 1.165) is 0 Å². The Bertz CT molecular complexity index is 420. The van der Waals surface area contributed by atoms with E-state index in [1.807, 2.05) is 0 Å². The van der Waals surface area contributed by atoms with Crippen LogP contribution in [0.3, 0.4) is 0 Å². The minimum Gasteiger partial charge on any atom is -0.469 e. The Balaban J connectivity index is 0.00000289. The third kappa shape index (κ3) is 3.67. The number of carbonyl (C=O) groups excluding carboxylic acids is 1. The van der Waals surface area contributed by atoms with Crippen molar-refractivity contribution in [3.8, 4) is 0 Å². The van der Waals surface area contributed by atoms with Crippen LogP contribution in [0.1, 0.15) is 25.5 Å². The second-order valence-electron chi connectivity index (χ2n) is 4.39. The van der Waals surface area contributed by atoms with Crippen LogP contribution in [0.15, 0.2) is 22.7 Å². The smallest absolute Gasteiger partial charge is 0.313 e. The lowest BCUT2D eigenvalue weighted by Crippen LogP contribution is -2.37. The molecule has 0 radical (unpaired) electrons. The van der Waals surface area contributed by atoms with Gasteiger partial charge in [-0.25, -0.2) is 4.39 Å². The Morgan fingerprint density at radius 3 is 2.44 bits per heavy atom. The molecule has 0 saturated carbocycles. The molecule has 0 aromatic heterocycles. The van der Waals surface area contributed by atoms with Crippen molar-refractivity contribution >= 4 is 34.3 Å². The van der Waals surface area contributed by atoms with Gasteiger partial charge in [0.05, 0.1) is 12.5 Å². The number of hydrogen-bond acceptors (Lipinski definition) is 3. The molecular weight excluding hydrogens is 324 g/mol. The highest BCUT2D eigenvalue weighted by Gasteiger charge is 2.36. The van der Waals surface area contributed by atoms with Crippen molar-refractivity contribution < 1.29 is 13.9 Å². The van der Waals surface area contributed by atoms with Crippen LogP contribution < -0.4 is 5.73 Å². The zero-order chi connectivity index (χ0) is 13.2. The molecule has 1 atom stereocenters. The highest BCUT2D eigenvalue weighted by Crippen LogP contribution is 2.33. The molecule has 3 nitrogen and oxygen atoms in total. The molecule has 0 aliphatic carbocycles. The Morgan fingerprint density at radius 2 is 2.00 bits per heavy atom. The van der Waals surface area contributed by atoms with E-state index in [2.05, 4.69) is 15.9 Å². The summed E-state index contributed by atoms with van der Waals surface area (Å²) in [6.07, 6.45) is 0. The minimum absolute atomic E-state index is 0. The molecule has 0 fully saturated rings. The molecule has 1 aromatic carbocycles. The molecule has 0 unspecified atom stereocenters. The maximum Gasteiger partial charge on any atom is 0.313 e. The second kappa shape index (κ2) is 6.50. The molecule has 0 bridgehead atoms. The van der Waals surface area contributed by atoms with E-state index >= 15 is 0 Å². The fourth-order valence-corrected chi connectivity index (χ4v) is 2.04. The predicted octanol–water partition coefficient (Wildman–Crippen LogP) is 3.21. The lowest BCUT2D eigenvalue weighted by atomic mass is 9.81. The lowest BCUT2D eigenvalue weighted by molar-refractivity contribution is -0.152. The topological polar surface area (TPSA) is 52.3 Å².